The van der Waals surface area contributed by atoms with Crippen molar-refractivity contribution in [2.24, 2.45) is 0 Å². The molecular formula is C14H22N2O5S. The second-order valence-electron chi connectivity index (χ2n) is 5.57. The molecule has 0 aliphatic carbocycles. The van der Waals surface area contributed by atoms with Crippen molar-refractivity contribution in [3.8, 4) is 0 Å². The van der Waals surface area contributed by atoms with Crippen LogP contribution in [0.5, 0.6) is 0 Å². The fourth-order valence-corrected chi connectivity index (χ4v) is 3.93. The van der Waals surface area contributed by atoms with E-state index in [1.165, 1.54) is 6.92 Å². The Kier molecular flexibility index (Phi) is 6.07. The molecule has 0 saturated carbocycles. The van der Waals surface area contributed by atoms with E-state index in [2.05, 4.69) is 0 Å². The molecule has 0 bridgehead atoms. The van der Waals surface area contributed by atoms with Gasteiger partial charge in [0.05, 0.1) is 18.4 Å². The standard InChI is InChI=1S/C14H22N2O5S/c1-10(17)16-9-22-8-12(16)14(20)15(5-4-13(18)19)7-11-3-2-6-21-11/h11-12H,2-9H2,1H3,(H,18,19)/t11-,12-/m0/s1. The van der Waals surface area contributed by atoms with Crippen LogP contribution < -0.4 is 0 Å². The number of carbonyl (C=O) groups excluding carboxylic acids is 2. The lowest BCUT2D eigenvalue weighted by Crippen LogP contribution is -2.50. The van der Waals surface area contributed by atoms with Crippen molar-refractivity contribution in [1.29, 1.82) is 0 Å². The molecular weight excluding hydrogens is 308 g/mol. The van der Waals surface area contributed by atoms with Crippen LogP contribution in [0.4, 0.5) is 0 Å². The number of ether oxygens (including phenoxy) is 1. The highest BCUT2D eigenvalue weighted by Gasteiger charge is 2.36. The van der Waals surface area contributed by atoms with Crippen LogP contribution in [0.25, 0.3) is 0 Å². The molecule has 2 amide bonds. The molecule has 8 heteroatoms. The van der Waals surface area contributed by atoms with E-state index < -0.39 is 12.0 Å². The molecule has 2 aliphatic heterocycles. The Morgan fingerprint density at radius 1 is 1.41 bits per heavy atom. The van der Waals surface area contributed by atoms with Crippen LogP contribution in [0.1, 0.15) is 26.2 Å². The summed E-state index contributed by atoms with van der Waals surface area (Å²) in [4.78, 5) is 38.3. The minimum Gasteiger partial charge on any atom is -0.481 e. The van der Waals surface area contributed by atoms with Gasteiger partial charge in [-0.3, -0.25) is 14.4 Å². The zero-order valence-corrected chi connectivity index (χ0v) is 13.5. The summed E-state index contributed by atoms with van der Waals surface area (Å²) in [6.07, 6.45) is 1.72. The Bertz CT molecular complexity index is 439. The van der Waals surface area contributed by atoms with Crippen LogP contribution in [0, 0.1) is 0 Å². The van der Waals surface area contributed by atoms with Crippen LogP contribution in [0.3, 0.4) is 0 Å². The third kappa shape index (κ3) is 4.36. The van der Waals surface area contributed by atoms with Gasteiger partial charge in [-0.05, 0) is 12.8 Å². The number of aliphatic carboxylic acids is 1. The van der Waals surface area contributed by atoms with Crippen molar-refractivity contribution in [2.75, 3.05) is 31.3 Å². The molecule has 0 radical (unpaired) electrons. The molecule has 1 N–H and O–H groups in total. The number of hydrogen-bond donors (Lipinski definition) is 1. The summed E-state index contributed by atoms with van der Waals surface area (Å²) >= 11 is 1.54. The number of amides is 2. The Hall–Kier alpha value is -1.28. The van der Waals surface area contributed by atoms with Gasteiger partial charge in [-0.2, -0.15) is 0 Å². The average molecular weight is 330 g/mol. The lowest BCUT2D eigenvalue weighted by atomic mass is 10.2. The quantitative estimate of drug-likeness (QED) is 0.758. The van der Waals surface area contributed by atoms with Gasteiger partial charge in [-0.25, -0.2) is 0 Å². The number of carboxylic acids is 1. The van der Waals surface area contributed by atoms with E-state index in [-0.39, 0.29) is 30.9 Å². The first-order valence-electron chi connectivity index (χ1n) is 7.46. The largest absolute Gasteiger partial charge is 0.481 e. The predicted molar refractivity (Wildman–Crippen MR) is 81.4 cm³/mol. The number of nitrogens with zero attached hydrogens (tertiary/aromatic N) is 2. The summed E-state index contributed by atoms with van der Waals surface area (Å²) < 4.78 is 5.55. The molecule has 2 fully saturated rings. The highest BCUT2D eigenvalue weighted by Crippen LogP contribution is 2.23. The first kappa shape index (κ1) is 17.1. The van der Waals surface area contributed by atoms with Crippen molar-refractivity contribution in [3.05, 3.63) is 0 Å². The number of carboxylic acid groups (broad SMARTS) is 1. The molecule has 0 aromatic carbocycles. The lowest BCUT2D eigenvalue weighted by molar-refractivity contribution is -0.145. The normalized spacial score (nSPS) is 24.5. The second kappa shape index (κ2) is 7.82. The maximum Gasteiger partial charge on any atom is 0.305 e. The molecule has 2 rings (SSSR count). The smallest absolute Gasteiger partial charge is 0.305 e. The third-order valence-corrected chi connectivity index (χ3v) is 4.94. The fraction of sp³-hybridized carbons (Fsp3) is 0.786. The highest BCUT2D eigenvalue weighted by atomic mass is 32.2. The van der Waals surface area contributed by atoms with Gasteiger partial charge >= 0.3 is 5.97 Å². The molecule has 2 atom stereocenters. The van der Waals surface area contributed by atoms with Gasteiger partial charge in [-0.1, -0.05) is 0 Å². The molecule has 22 heavy (non-hydrogen) atoms. The summed E-state index contributed by atoms with van der Waals surface area (Å²) in [7, 11) is 0. The van der Waals surface area contributed by atoms with E-state index in [1.807, 2.05) is 0 Å². The molecule has 2 saturated heterocycles. The zero-order valence-electron chi connectivity index (χ0n) is 12.7. The average Bonchev–Trinajstić information content (AvgIpc) is 3.13. The van der Waals surface area contributed by atoms with Crippen molar-refractivity contribution >= 4 is 29.5 Å². The van der Waals surface area contributed by atoms with Gasteiger partial charge in [0.15, 0.2) is 0 Å². The monoisotopic (exact) mass is 330 g/mol. The van der Waals surface area contributed by atoms with Gasteiger partial charge in [0.25, 0.3) is 0 Å². The number of rotatable bonds is 6. The van der Waals surface area contributed by atoms with E-state index in [4.69, 9.17) is 9.84 Å². The topological polar surface area (TPSA) is 87.2 Å². The minimum absolute atomic E-state index is 0.0300. The van der Waals surface area contributed by atoms with Crippen LogP contribution in [-0.4, -0.2) is 76.2 Å². The Labute approximate surface area is 134 Å². The van der Waals surface area contributed by atoms with E-state index in [1.54, 1.807) is 21.6 Å². The van der Waals surface area contributed by atoms with Crippen LogP contribution >= 0.6 is 11.8 Å². The molecule has 2 aliphatic rings. The van der Waals surface area contributed by atoms with Crippen molar-refractivity contribution in [3.63, 3.8) is 0 Å². The van der Waals surface area contributed by atoms with Gasteiger partial charge in [-0.15, -0.1) is 11.8 Å². The Balaban J connectivity index is 2.03. The summed E-state index contributed by atoms with van der Waals surface area (Å²) in [5, 5.41) is 8.87. The van der Waals surface area contributed by atoms with Gasteiger partial charge in [0.1, 0.15) is 6.04 Å². The van der Waals surface area contributed by atoms with Gasteiger partial charge < -0.3 is 19.6 Å². The summed E-state index contributed by atoms with van der Waals surface area (Å²) in [5.41, 5.74) is 0. The lowest BCUT2D eigenvalue weighted by Gasteiger charge is -2.30. The van der Waals surface area contributed by atoms with E-state index in [9.17, 15) is 14.4 Å². The molecule has 0 aromatic rings. The van der Waals surface area contributed by atoms with Gasteiger partial charge in [0, 0.05) is 32.4 Å². The highest BCUT2D eigenvalue weighted by molar-refractivity contribution is 7.99. The maximum atomic E-state index is 12.7. The third-order valence-electron chi connectivity index (χ3n) is 3.93. The van der Waals surface area contributed by atoms with Crippen LogP contribution in [-0.2, 0) is 19.1 Å². The predicted octanol–water partition coefficient (Wildman–Crippen LogP) is 0.390. The number of carbonyl (C=O) groups is 3. The van der Waals surface area contributed by atoms with E-state index in [0.717, 1.165) is 12.8 Å². The van der Waals surface area contributed by atoms with Crippen molar-refractivity contribution in [1.82, 2.24) is 9.80 Å². The van der Waals surface area contributed by atoms with E-state index >= 15 is 0 Å². The summed E-state index contributed by atoms with van der Waals surface area (Å²) in [6.45, 7) is 2.69. The van der Waals surface area contributed by atoms with Crippen molar-refractivity contribution in [2.45, 2.75) is 38.3 Å². The van der Waals surface area contributed by atoms with Crippen LogP contribution in [0.15, 0.2) is 0 Å². The minimum atomic E-state index is -0.936. The van der Waals surface area contributed by atoms with E-state index in [0.29, 0.717) is 24.8 Å². The zero-order chi connectivity index (χ0) is 16.1. The van der Waals surface area contributed by atoms with Crippen LogP contribution in [0.2, 0.25) is 0 Å². The first-order chi connectivity index (χ1) is 10.5. The molecule has 2 heterocycles. The molecule has 0 aromatic heterocycles. The maximum absolute atomic E-state index is 12.7. The second-order valence-corrected chi connectivity index (χ2v) is 6.57. The first-order valence-corrected chi connectivity index (χ1v) is 8.61. The SMILES string of the molecule is CC(=O)N1CSC[C@H]1C(=O)N(CCC(=O)O)C[C@@H]1CCCO1. The molecule has 124 valence electrons. The Morgan fingerprint density at radius 2 is 2.18 bits per heavy atom. The molecule has 7 nitrogen and oxygen atoms in total. The van der Waals surface area contributed by atoms with Crippen molar-refractivity contribution < 1.29 is 24.2 Å². The summed E-state index contributed by atoms with van der Waals surface area (Å²) in [6, 6.07) is -0.488. The van der Waals surface area contributed by atoms with Gasteiger partial charge in [0.2, 0.25) is 11.8 Å². The molecule has 0 unspecified atom stereocenters. The fourth-order valence-electron chi connectivity index (χ4n) is 2.72. The number of hydrogen-bond acceptors (Lipinski definition) is 5. The summed E-state index contributed by atoms with van der Waals surface area (Å²) in [5.74, 6) is -0.156. The number of thioether (sulfide) groups is 1. The molecule has 0 spiro atoms. The Morgan fingerprint density at radius 3 is 2.77 bits per heavy atom.